The van der Waals surface area contributed by atoms with Crippen LogP contribution in [0.5, 0.6) is 0 Å². The van der Waals surface area contributed by atoms with Gasteiger partial charge in [-0.05, 0) is 44.0 Å². The maximum absolute atomic E-state index is 12.6. The maximum atomic E-state index is 12.6. The Balaban J connectivity index is 2.17. The molecule has 1 fully saturated rings. The summed E-state index contributed by atoms with van der Waals surface area (Å²) in [6, 6.07) is 5.96. The van der Waals surface area contributed by atoms with Crippen LogP contribution in [0.4, 0.5) is 5.69 Å². The standard InChI is InChI=1S/C15H22N2O2/c1-11-5-4-6-13(12(11)2)17-14(18)15(10-19-3)7-8-16-9-15/h4-6,16H,7-10H2,1-3H3,(H,17,18). The minimum Gasteiger partial charge on any atom is -0.384 e. The minimum atomic E-state index is -0.440. The average molecular weight is 262 g/mol. The Kier molecular flexibility index (Phi) is 4.22. The summed E-state index contributed by atoms with van der Waals surface area (Å²) >= 11 is 0. The van der Waals surface area contributed by atoms with Crippen molar-refractivity contribution in [3.05, 3.63) is 29.3 Å². The highest BCUT2D eigenvalue weighted by Crippen LogP contribution is 2.29. The maximum Gasteiger partial charge on any atom is 0.234 e. The lowest BCUT2D eigenvalue weighted by atomic mass is 9.86. The van der Waals surface area contributed by atoms with E-state index in [-0.39, 0.29) is 5.91 Å². The molecule has 0 spiro atoms. The lowest BCUT2D eigenvalue weighted by Gasteiger charge is -2.26. The van der Waals surface area contributed by atoms with Gasteiger partial charge in [0.2, 0.25) is 5.91 Å². The largest absolute Gasteiger partial charge is 0.384 e. The highest BCUT2D eigenvalue weighted by molar-refractivity contribution is 5.96. The highest BCUT2D eigenvalue weighted by Gasteiger charge is 2.41. The molecule has 2 rings (SSSR count). The average Bonchev–Trinajstić information content (AvgIpc) is 2.85. The van der Waals surface area contributed by atoms with Crippen LogP contribution in [0.25, 0.3) is 0 Å². The summed E-state index contributed by atoms with van der Waals surface area (Å²) in [5, 5.41) is 6.31. The molecular weight excluding hydrogens is 240 g/mol. The summed E-state index contributed by atoms with van der Waals surface area (Å²) < 4.78 is 5.24. The first-order chi connectivity index (χ1) is 9.09. The number of benzene rings is 1. The Bertz CT molecular complexity index is 465. The van der Waals surface area contributed by atoms with Crippen molar-refractivity contribution in [3.63, 3.8) is 0 Å². The normalized spacial score (nSPS) is 22.5. The van der Waals surface area contributed by atoms with E-state index in [2.05, 4.69) is 10.6 Å². The van der Waals surface area contributed by atoms with Crippen LogP contribution in [0.15, 0.2) is 18.2 Å². The number of methoxy groups -OCH3 is 1. The van der Waals surface area contributed by atoms with Crippen LogP contribution in [-0.4, -0.2) is 32.7 Å². The molecule has 4 heteroatoms. The van der Waals surface area contributed by atoms with E-state index in [0.717, 1.165) is 24.2 Å². The zero-order chi connectivity index (χ0) is 13.9. The number of amides is 1. The van der Waals surface area contributed by atoms with Crippen molar-refractivity contribution in [1.82, 2.24) is 5.32 Å². The van der Waals surface area contributed by atoms with Crippen LogP contribution < -0.4 is 10.6 Å². The fourth-order valence-electron chi connectivity index (χ4n) is 2.54. The second-order valence-corrected chi connectivity index (χ2v) is 5.34. The molecule has 1 amide bonds. The predicted molar refractivity (Wildman–Crippen MR) is 76.3 cm³/mol. The third kappa shape index (κ3) is 2.80. The van der Waals surface area contributed by atoms with E-state index in [1.54, 1.807) is 7.11 Å². The van der Waals surface area contributed by atoms with Gasteiger partial charge < -0.3 is 15.4 Å². The molecule has 0 saturated carbocycles. The van der Waals surface area contributed by atoms with Crippen LogP contribution in [0.3, 0.4) is 0 Å². The topological polar surface area (TPSA) is 50.4 Å². The Morgan fingerprint density at radius 3 is 2.89 bits per heavy atom. The Morgan fingerprint density at radius 1 is 1.47 bits per heavy atom. The fraction of sp³-hybridized carbons (Fsp3) is 0.533. The molecule has 0 aromatic heterocycles. The number of anilines is 1. The number of aryl methyl sites for hydroxylation is 1. The lowest BCUT2D eigenvalue weighted by Crippen LogP contribution is -2.41. The number of hydrogen-bond acceptors (Lipinski definition) is 3. The van der Waals surface area contributed by atoms with Gasteiger partial charge in [-0.1, -0.05) is 12.1 Å². The van der Waals surface area contributed by atoms with Crippen molar-refractivity contribution in [1.29, 1.82) is 0 Å². The second kappa shape index (κ2) is 5.72. The van der Waals surface area contributed by atoms with E-state index in [1.807, 2.05) is 32.0 Å². The molecule has 0 bridgehead atoms. The Hall–Kier alpha value is -1.39. The van der Waals surface area contributed by atoms with E-state index in [1.165, 1.54) is 5.56 Å². The molecule has 2 N–H and O–H groups in total. The SMILES string of the molecule is COCC1(C(=O)Nc2cccc(C)c2C)CCNC1. The summed E-state index contributed by atoms with van der Waals surface area (Å²) in [4.78, 5) is 12.6. The van der Waals surface area contributed by atoms with Crippen molar-refractivity contribution in [3.8, 4) is 0 Å². The van der Waals surface area contributed by atoms with Gasteiger partial charge in [-0.2, -0.15) is 0 Å². The van der Waals surface area contributed by atoms with Crippen molar-refractivity contribution in [2.75, 3.05) is 32.1 Å². The van der Waals surface area contributed by atoms with Gasteiger partial charge in [-0.15, -0.1) is 0 Å². The first-order valence-electron chi connectivity index (χ1n) is 6.66. The number of ether oxygens (including phenoxy) is 1. The van der Waals surface area contributed by atoms with E-state index in [0.29, 0.717) is 13.2 Å². The lowest BCUT2D eigenvalue weighted by molar-refractivity contribution is -0.127. The highest BCUT2D eigenvalue weighted by atomic mass is 16.5. The molecule has 1 unspecified atom stereocenters. The monoisotopic (exact) mass is 262 g/mol. The van der Waals surface area contributed by atoms with E-state index >= 15 is 0 Å². The second-order valence-electron chi connectivity index (χ2n) is 5.34. The smallest absolute Gasteiger partial charge is 0.234 e. The molecule has 1 aromatic rings. The molecule has 1 heterocycles. The molecular formula is C15H22N2O2. The van der Waals surface area contributed by atoms with Gasteiger partial charge in [0.1, 0.15) is 0 Å². The van der Waals surface area contributed by atoms with E-state index in [4.69, 9.17) is 4.74 Å². The van der Waals surface area contributed by atoms with Crippen molar-refractivity contribution in [2.45, 2.75) is 20.3 Å². The molecule has 1 saturated heterocycles. The summed E-state index contributed by atoms with van der Waals surface area (Å²) in [5.74, 6) is 0.0491. The molecule has 1 atom stereocenters. The quantitative estimate of drug-likeness (QED) is 0.871. The van der Waals surface area contributed by atoms with E-state index in [9.17, 15) is 4.79 Å². The van der Waals surface area contributed by atoms with Gasteiger partial charge in [0.25, 0.3) is 0 Å². The number of carbonyl (C=O) groups excluding carboxylic acids is 1. The van der Waals surface area contributed by atoms with Crippen molar-refractivity contribution >= 4 is 11.6 Å². The van der Waals surface area contributed by atoms with E-state index < -0.39 is 5.41 Å². The number of carbonyl (C=O) groups is 1. The zero-order valence-electron chi connectivity index (χ0n) is 11.9. The molecule has 1 aromatic carbocycles. The Labute approximate surface area is 114 Å². The molecule has 104 valence electrons. The van der Waals surface area contributed by atoms with Crippen LogP contribution in [0.2, 0.25) is 0 Å². The third-order valence-corrected chi connectivity index (χ3v) is 4.00. The fourth-order valence-corrected chi connectivity index (χ4v) is 2.54. The number of nitrogens with one attached hydrogen (secondary N) is 2. The molecule has 19 heavy (non-hydrogen) atoms. The first kappa shape index (κ1) is 14.0. The molecule has 0 radical (unpaired) electrons. The summed E-state index contributed by atoms with van der Waals surface area (Å²) in [5.41, 5.74) is 2.76. The predicted octanol–water partition coefficient (Wildman–Crippen LogP) is 1.87. The van der Waals surface area contributed by atoms with Crippen LogP contribution >= 0.6 is 0 Å². The van der Waals surface area contributed by atoms with Crippen LogP contribution in [0, 0.1) is 19.3 Å². The van der Waals surface area contributed by atoms with Gasteiger partial charge in [-0.25, -0.2) is 0 Å². The van der Waals surface area contributed by atoms with Crippen molar-refractivity contribution in [2.24, 2.45) is 5.41 Å². The van der Waals surface area contributed by atoms with Gasteiger partial charge >= 0.3 is 0 Å². The number of hydrogen-bond donors (Lipinski definition) is 2. The molecule has 0 aliphatic carbocycles. The summed E-state index contributed by atoms with van der Waals surface area (Å²) in [6.45, 7) is 6.08. The first-order valence-corrected chi connectivity index (χ1v) is 6.66. The van der Waals surface area contributed by atoms with Crippen LogP contribution in [-0.2, 0) is 9.53 Å². The molecule has 1 aliphatic heterocycles. The van der Waals surface area contributed by atoms with Gasteiger partial charge in [0, 0.05) is 19.3 Å². The third-order valence-electron chi connectivity index (χ3n) is 4.00. The molecule has 1 aliphatic rings. The molecule has 4 nitrogen and oxygen atoms in total. The summed E-state index contributed by atoms with van der Waals surface area (Å²) in [6.07, 6.45) is 0.817. The van der Waals surface area contributed by atoms with Gasteiger partial charge in [0.15, 0.2) is 0 Å². The Morgan fingerprint density at radius 2 is 2.26 bits per heavy atom. The number of rotatable bonds is 4. The minimum absolute atomic E-state index is 0.0491. The van der Waals surface area contributed by atoms with Crippen LogP contribution in [0.1, 0.15) is 17.5 Å². The van der Waals surface area contributed by atoms with Gasteiger partial charge in [-0.3, -0.25) is 4.79 Å². The van der Waals surface area contributed by atoms with Crippen molar-refractivity contribution < 1.29 is 9.53 Å². The van der Waals surface area contributed by atoms with Gasteiger partial charge in [0.05, 0.1) is 12.0 Å². The zero-order valence-corrected chi connectivity index (χ0v) is 11.9. The summed E-state index contributed by atoms with van der Waals surface area (Å²) in [7, 11) is 1.64.